The Hall–Kier alpha value is -1.63. The van der Waals surface area contributed by atoms with Crippen molar-refractivity contribution in [2.24, 2.45) is 5.92 Å². The molecule has 2 aliphatic heterocycles. The lowest BCUT2D eigenvalue weighted by atomic mass is 9.97. The summed E-state index contributed by atoms with van der Waals surface area (Å²) >= 11 is 5.82. The highest BCUT2D eigenvalue weighted by molar-refractivity contribution is 6.30. The van der Waals surface area contributed by atoms with E-state index in [1.807, 2.05) is 0 Å². The molecule has 1 saturated heterocycles. The van der Waals surface area contributed by atoms with Crippen LogP contribution in [-0.4, -0.2) is 41.3 Å². The molecule has 3 heterocycles. The monoisotopic (exact) mass is 357 g/mol. The molecule has 23 heavy (non-hydrogen) atoms. The summed E-state index contributed by atoms with van der Waals surface area (Å²) in [5.74, 6) is -0.0293. The van der Waals surface area contributed by atoms with Crippen molar-refractivity contribution in [2.75, 3.05) is 19.6 Å². The number of hydrogen-bond donors (Lipinski definition) is 1. The lowest BCUT2D eigenvalue weighted by molar-refractivity contribution is -0.139. The minimum Gasteiger partial charge on any atom is -0.450 e. The van der Waals surface area contributed by atoms with Gasteiger partial charge in [-0.25, -0.2) is 0 Å². The van der Waals surface area contributed by atoms with Gasteiger partial charge in [-0.1, -0.05) is 11.6 Å². The first-order valence-corrected chi connectivity index (χ1v) is 7.58. The van der Waals surface area contributed by atoms with E-state index in [1.165, 1.54) is 23.4 Å². The van der Waals surface area contributed by atoms with E-state index in [2.05, 4.69) is 10.3 Å². The molecule has 3 rings (SSSR count). The van der Waals surface area contributed by atoms with Crippen molar-refractivity contribution in [2.45, 2.75) is 12.8 Å². The van der Waals surface area contributed by atoms with Crippen molar-refractivity contribution in [3.8, 4) is 5.75 Å². The standard InChI is InChI=1S/C15H16ClN3O3.ClH/c16-11-5-12(8-18-7-11)22-13-6-14(20)19(15(13)21)9-10-1-3-17-4-2-10;/h5-8,10,17H,1-4,9H2;1H. The molecular weight excluding hydrogens is 341 g/mol. The van der Waals surface area contributed by atoms with Crippen LogP contribution in [-0.2, 0) is 9.59 Å². The van der Waals surface area contributed by atoms with Crippen molar-refractivity contribution in [3.63, 3.8) is 0 Å². The Kier molecular flexibility index (Phi) is 5.98. The number of halogens is 2. The molecule has 124 valence electrons. The SMILES string of the molecule is Cl.O=C1C=C(Oc2cncc(Cl)c2)C(=O)N1CC1CCNCC1. The zero-order chi connectivity index (χ0) is 15.5. The van der Waals surface area contributed by atoms with Gasteiger partial charge >= 0.3 is 0 Å². The average molecular weight is 358 g/mol. The highest BCUT2D eigenvalue weighted by Crippen LogP contribution is 2.23. The molecule has 2 aliphatic rings. The summed E-state index contributed by atoms with van der Waals surface area (Å²) in [6.45, 7) is 2.29. The zero-order valence-electron chi connectivity index (χ0n) is 12.3. The molecule has 0 aliphatic carbocycles. The van der Waals surface area contributed by atoms with E-state index in [-0.39, 0.29) is 24.1 Å². The third-order valence-corrected chi connectivity index (χ3v) is 3.99. The fraction of sp³-hybridized carbons (Fsp3) is 0.400. The number of amides is 2. The van der Waals surface area contributed by atoms with E-state index in [1.54, 1.807) is 6.07 Å². The topological polar surface area (TPSA) is 71.5 Å². The van der Waals surface area contributed by atoms with Gasteiger partial charge in [0.25, 0.3) is 11.8 Å². The van der Waals surface area contributed by atoms with Crippen molar-refractivity contribution >= 4 is 35.8 Å². The quantitative estimate of drug-likeness (QED) is 0.831. The van der Waals surface area contributed by atoms with E-state index in [0.717, 1.165) is 25.9 Å². The summed E-state index contributed by atoms with van der Waals surface area (Å²) in [6, 6.07) is 1.54. The fourth-order valence-corrected chi connectivity index (χ4v) is 2.79. The molecule has 0 unspecified atom stereocenters. The molecule has 1 aromatic heterocycles. The summed E-state index contributed by atoms with van der Waals surface area (Å²) < 4.78 is 5.45. The van der Waals surface area contributed by atoms with Crippen molar-refractivity contribution in [1.82, 2.24) is 15.2 Å². The normalized spacial score (nSPS) is 18.7. The van der Waals surface area contributed by atoms with Crippen LogP contribution in [0.15, 0.2) is 30.3 Å². The lowest BCUT2D eigenvalue weighted by Crippen LogP contribution is -2.39. The summed E-state index contributed by atoms with van der Waals surface area (Å²) in [4.78, 5) is 29.5. The Bertz CT molecular complexity index is 630. The van der Waals surface area contributed by atoms with Gasteiger partial charge in [0.2, 0.25) is 0 Å². The second-order valence-electron chi connectivity index (χ2n) is 5.40. The first-order valence-electron chi connectivity index (χ1n) is 7.20. The fourth-order valence-electron chi connectivity index (χ4n) is 2.63. The van der Waals surface area contributed by atoms with Crippen molar-refractivity contribution in [3.05, 3.63) is 35.3 Å². The van der Waals surface area contributed by atoms with Crippen LogP contribution in [0, 0.1) is 5.92 Å². The van der Waals surface area contributed by atoms with Crippen LogP contribution in [0.25, 0.3) is 0 Å². The maximum Gasteiger partial charge on any atom is 0.296 e. The van der Waals surface area contributed by atoms with Gasteiger partial charge in [-0.15, -0.1) is 12.4 Å². The van der Waals surface area contributed by atoms with Crippen molar-refractivity contribution < 1.29 is 14.3 Å². The second kappa shape index (κ2) is 7.77. The number of hydrogen-bond acceptors (Lipinski definition) is 5. The predicted molar refractivity (Wildman–Crippen MR) is 87.5 cm³/mol. The Morgan fingerprint density at radius 2 is 2.04 bits per heavy atom. The molecule has 1 fully saturated rings. The molecule has 0 saturated carbocycles. The number of nitrogens with zero attached hydrogens (tertiary/aromatic N) is 2. The number of pyridine rings is 1. The van der Waals surface area contributed by atoms with Crippen LogP contribution in [0.1, 0.15) is 12.8 Å². The van der Waals surface area contributed by atoms with Gasteiger partial charge in [-0.3, -0.25) is 19.5 Å². The molecule has 2 amide bonds. The number of nitrogens with one attached hydrogen (secondary N) is 1. The Labute approximate surface area is 145 Å². The maximum absolute atomic E-state index is 12.3. The molecule has 8 heteroatoms. The van der Waals surface area contributed by atoms with Gasteiger partial charge in [0.1, 0.15) is 5.75 Å². The van der Waals surface area contributed by atoms with Gasteiger partial charge in [-0.2, -0.15) is 0 Å². The largest absolute Gasteiger partial charge is 0.450 e. The second-order valence-corrected chi connectivity index (χ2v) is 5.83. The molecular formula is C15H17Cl2N3O3. The highest BCUT2D eigenvalue weighted by Gasteiger charge is 2.34. The summed E-state index contributed by atoms with van der Waals surface area (Å²) in [6.07, 6.45) is 6.06. The highest BCUT2D eigenvalue weighted by atomic mass is 35.5. The number of piperidine rings is 1. The van der Waals surface area contributed by atoms with Crippen LogP contribution in [0.2, 0.25) is 5.02 Å². The number of carbonyl (C=O) groups excluding carboxylic acids is 2. The molecule has 0 spiro atoms. The summed E-state index contributed by atoms with van der Waals surface area (Å²) in [5, 5.41) is 3.67. The van der Waals surface area contributed by atoms with E-state index in [0.29, 0.717) is 23.2 Å². The Morgan fingerprint density at radius 3 is 2.74 bits per heavy atom. The molecule has 0 atom stereocenters. The Morgan fingerprint density at radius 1 is 1.30 bits per heavy atom. The maximum atomic E-state index is 12.3. The smallest absolute Gasteiger partial charge is 0.296 e. The van der Waals surface area contributed by atoms with Crippen LogP contribution >= 0.6 is 24.0 Å². The van der Waals surface area contributed by atoms with Gasteiger partial charge < -0.3 is 10.1 Å². The minimum absolute atomic E-state index is 0. The third kappa shape index (κ3) is 4.22. The minimum atomic E-state index is -0.400. The number of imide groups is 1. The van der Waals surface area contributed by atoms with Crippen molar-refractivity contribution in [1.29, 1.82) is 0 Å². The molecule has 0 bridgehead atoms. The van der Waals surface area contributed by atoms with Crippen LogP contribution in [0.4, 0.5) is 0 Å². The number of rotatable bonds is 4. The average Bonchev–Trinajstić information content (AvgIpc) is 2.76. The molecule has 0 aromatic carbocycles. The predicted octanol–water partition coefficient (Wildman–Crippen LogP) is 1.79. The van der Waals surface area contributed by atoms with Crippen LogP contribution in [0.3, 0.4) is 0 Å². The van der Waals surface area contributed by atoms with Gasteiger partial charge in [0.05, 0.1) is 17.3 Å². The molecule has 6 nitrogen and oxygen atoms in total. The number of aromatic nitrogens is 1. The Balaban J connectivity index is 0.00000192. The molecule has 0 radical (unpaired) electrons. The van der Waals surface area contributed by atoms with E-state index in [9.17, 15) is 9.59 Å². The zero-order valence-corrected chi connectivity index (χ0v) is 13.9. The van der Waals surface area contributed by atoms with Gasteiger partial charge in [0.15, 0.2) is 5.76 Å². The third-order valence-electron chi connectivity index (χ3n) is 3.78. The van der Waals surface area contributed by atoms with E-state index < -0.39 is 5.91 Å². The van der Waals surface area contributed by atoms with Gasteiger partial charge in [0, 0.05) is 18.8 Å². The number of ether oxygens (including phenoxy) is 1. The van der Waals surface area contributed by atoms with E-state index >= 15 is 0 Å². The summed E-state index contributed by atoms with van der Waals surface area (Å²) in [7, 11) is 0. The van der Waals surface area contributed by atoms with Crippen LogP contribution < -0.4 is 10.1 Å². The molecule has 1 N–H and O–H groups in total. The van der Waals surface area contributed by atoms with Crippen LogP contribution in [0.5, 0.6) is 5.75 Å². The van der Waals surface area contributed by atoms with Gasteiger partial charge in [-0.05, 0) is 31.8 Å². The summed E-state index contributed by atoms with van der Waals surface area (Å²) in [5.41, 5.74) is 0. The lowest BCUT2D eigenvalue weighted by Gasteiger charge is -2.26. The first-order chi connectivity index (χ1) is 10.6. The first kappa shape index (κ1) is 17.7. The number of carbonyl (C=O) groups is 2. The molecule has 1 aromatic rings. The van der Waals surface area contributed by atoms with E-state index in [4.69, 9.17) is 16.3 Å².